The third-order valence-electron chi connectivity index (χ3n) is 1.89. The van der Waals surface area contributed by atoms with Crippen molar-refractivity contribution in [2.45, 2.75) is 12.8 Å². The van der Waals surface area contributed by atoms with Gasteiger partial charge in [-0.2, -0.15) is 0 Å². The molecule has 3 nitrogen and oxygen atoms in total. The van der Waals surface area contributed by atoms with Crippen LogP contribution in [-0.4, -0.2) is 18.1 Å². The molecule has 1 aromatic rings. The molecule has 0 unspecified atom stereocenters. The van der Waals surface area contributed by atoms with Crippen LogP contribution in [0.25, 0.3) is 0 Å². The van der Waals surface area contributed by atoms with Gasteiger partial charge in [-0.15, -0.1) is 0 Å². The number of ether oxygens (including phenoxy) is 1. The van der Waals surface area contributed by atoms with Gasteiger partial charge in [0.15, 0.2) is 0 Å². The maximum atomic E-state index is 12.7. The Labute approximate surface area is 100 Å². The highest BCUT2D eigenvalue weighted by Crippen LogP contribution is 2.33. The quantitative estimate of drug-likeness (QED) is 0.626. The molecule has 0 aromatic carbocycles. The molecule has 1 heterocycles. The molecule has 0 aliphatic rings. The van der Waals surface area contributed by atoms with E-state index in [4.69, 9.17) is 23.2 Å². The van der Waals surface area contributed by atoms with Crippen LogP contribution in [0, 0.1) is 0 Å². The summed E-state index contributed by atoms with van der Waals surface area (Å²) in [6.07, 6.45) is -2.19. The molecule has 88 valence electrons. The van der Waals surface area contributed by atoms with Gasteiger partial charge in [0, 0.05) is 17.3 Å². The summed E-state index contributed by atoms with van der Waals surface area (Å²) in [6.45, 7) is 0. The van der Waals surface area contributed by atoms with Gasteiger partial charge in [0.25, 0.3) is 6.43 Å². The Bertz CT molecular complexity index is 413. The molecule has 0 spiro atoms. The van der Waals surface area contributed by atoms with Crippen molar-refractivity contribution in [1.82, 2.24) is 4.98 Å². The first kappa shape index (κ1) is 13.1. The highest BCUT2D eigenvalue weighted by Gasteiger charge is 2.22. The SMILES string of the molecule is COC(=O)Cc1c(Cl)ncc(Cl)c1C(F)F. The Morgan fingerprint density at radius 1 is 1.56 bits per heavy atom. The largest absolute Gasteiger partial charge is 0.469 e. The van der Waals surface area contributed by atoms with Gasteiger partial charge in [0.2, 0.25) is 0 Å². The van der Waals surface area contributed by atoms with Crippen molar-refractivity contribution in [2.75, 3.05) is 7.11 Å². The fourth-order valence-electron chi connectivity index (χ4n) is 1.14. The molecule has 16 heavy (non-hydrogen) atoms. The number of esters is 1. The molecule has 0 bridgehead atoms. The van der Waals surface area contributed by atoms with Gasteiger partial charge < -0.3 is 4.74 Å². The number of hydrogen-bond acceptors (Lipinski definition) is 3. The smallest absolute Gasteiger partial charge is 0.310 e. The maximum Gasteiger partial charge on any atom is 0.310 e. The topological polar surface area (TPSA) is 39.2 Å². The lowest BCUT2D eigenvalue weighted by Gasteiger charge is -2.10. The van der Waals surface area contributed by atoms with Gasteiger partial charge in [-0.3, -0.25) is 4.79 Å². The number of carbonyl (C=O) groups excluding carboxylic acids is 1. The summed E-state index contributed by atoms with van der Waals surface area (Å²) in [4.78, 5) is 14.6. The first-order valence-corrected chi connectivity index (χ1v) is 4.90. The minimum Gasteiger partial charge on any atom is -0.469 e. The van der Waals surface area contributed by atoms with Crippen LogP contribution < -0.4 is 0 Å². The van der Waals surface area contributed by atoms with Crippen LogP contribution in [0.4, 0.5) is 8.78 Å². The molecule has 0 radical (unpaired) electrons. The normalized spacial score (nSPS) is 10.6. The molecule has 0 atom stereocenters. The number of halogens is 4. The Balaban J connectivity index is 3.23. The van der Waals surface area contributed by atoms with Crippen molar-refractivity contribution in [2.24, 2.45) is 0 Å². The van der Waals surface area contributed by atoms with Crippen molar-refractivity contribution in [1.29, 1.82) is 0 Å². The summed E-state index contributed by atoms with van der Waals surface area (Å²) in [5.41, 5.74) is -0.580. The van der Waals surface area contributed by atoms with Crippen LogP contribution in [0.2, 0.25) is 10.2 Å². The lowest BCUT2D eigenvalue weighted by Crippen LogP contribution is -2.09. The van der Waals surface area contributed by atoms with E-state index in [0.29, 0.717) is 0 Å². The molecule has 0 saturated heterocycles. The van der Waals surface area contributed by atoms with Crippen LogP contribution in [0.1, 0.15) is 17.6 Å². The molecular formula is C9H7Cl2F2NO2. The third kappa shape index (κ3) is 2.80. The predicted molar refractivity (Wildman–Crippen MR) is 54.9 cm³/mol. The summed E-state index contributed by atoms with van der Waals surface area (Å²) in [6, 6.07) is 0. The van der Waals surface area contributed by atoms with E-state index in [0.717, 1.165) is 13.3 Å². The average Bonchev–Trinajstić information content (AvgIpc) is 2.22. The minimum atomic E-state index is -2.83. The molecule has 0 aliphatic heterocycles. The van der Waals surface area contributed by atoms with E-state index >= 15 is 0 Å². The van der Waals surface area contributed by atoms with Crippen LogP contribution in [0.3, 0.4) is 0 Å². The lowest BCUT2D eigenvalue weighted by atomic mass is 10.1. The molecule has 7 heteroatoms. The highest BCUT2D eigenvalue weighted by molar-refractivity contribution is 6.33. The number of nitrogens with zero attached hydrogens (tertiary/aromatic N) is 1. The predicted octanol–water partition coefficient (Wildman–Crippen LogP) is 3.04. The number of rotatable bonds is 3. The summed E-state index contributed by atoms with van der Waals surface area (Å²) >= 11 is 11.2. The third-order valence-corrected chi connectivity index (χ3v) is 2.52. The Morgan fingerprint density at radius 2 is 2.19 bits per heavy atom. The zero-order valence-corrected chi connectivity index (χ0v) is 9.65. The fourth-order valence-corrected chi connectivity index (χ4v) is 1.60. The van der Waals surface area contributed by atoms with Crippen molar-refractivity contribution >= 4 is 29.2 Å². The van der Waals surface area contributed by atoms with E-state index in [1.54, 1.807) is 0 Å². The fraction of sp³-hybridized carbons (Fsp3) is 0.333. The van der Waals surface area contributed by atoms with Gasteiger partial charge >= 0.3 is 5.97 Å². The Morgan fingerprint density at radius 3 is 2.69 bits per heavy atom. The highest BCUT2D eigenvalue weighted by atomic mass is 35.5. The van der Waals surface area contributed by atoms with E-state index in [2.05, 4.69) is 9.72 Å². The Hall–Kier alpha value is -0.940. The number of carbonyl (C=O) groups is 1. The number of pyridine rings is 1. The maximum absolute atomic E-state index is 12.7. The molecular weight excluding hydrogens is 263 g/mol. The first-order valence-electron chi connectivity index (χ1n) is 4.15. The summed E-state index contributed by atoms with van der Waals surface area (Å²) in [7, 11) is 1.15. The molecule has 0 amide bonds. The minimum absolute atomic E-state index is 0.101. The summed E-state index contributed by atoms with van der Waals surface area (Å²) < 4.78 is 29.8. The van der Waals surface area contributed by atoms with E-state index in [-0.39, 0.29) is 22.2 Å². The summed E-state index contributed by atoms with van der Waals surface area (Å²) in [5, 5.41) is -0.400. The number of alkyl halides is 2. The van der Waals surface area contributed by atoms with Gasteiger partial charge in [0.05, 0.1) is 18.6 Å². The molecule has 1 rings (SSSR count). The standard InChI is InChI=1S/C9H7Cl2F2NO2/c1-16-6(15)2-4-7(9(12)13)5(10)3-14-8(4)11/h3,9H,2H2,1H3. The molecule has 0 fully saturated rings. The van der Waals surface area contributed by atoms with Crippen LogP contribution in [0.15, 0.2) is 6.20 Å². The zero-order chi connectivity index (χ0) is 12.3. The second-order valence-corrected chi connectivity index (χ2v) is 3.61. The van der Waals surface area contributed by atoms with Gasteiger partial charge in [-0.25, -0.2) is 13.8 Å². The van der Waals surface area contributed by atoms with E-state index in [9.17, 15) is 13.6 Å². The van der Waals surface area contributed by atoms with Crippen molar-refractivity contribution in [3.63, 3.8) is 0 Å². The van der Waals surface area contributed by atoms with Crippen LogP contribution in [-0.2, 0) is 16.0 Å². The van der Waals surface area contributed by atoms with E-state index in [1.807, 2.05) is 0 Å². The van der Waals surface area contributed by atoms with Crippen molar-refractivity contribution in [3.05, 3.63) is 27.5 Å². The second kappa shape index (κ2) is 5.41. The zero-order valence-electron chi connectivity index (χ0n) is 8.14. The molecule has 0 aliphatic carbocycles. The monoisotopic (exact) mass is 269 g/mol. The van der Waals surface area contributed by atoms with Crippen LogP contribution in [0.5, 0.6) is 0 Å². The van der Waals surface area contributed by atoms with Gasteiger partial charge in [-0.1, -0.05) is 23.2 Å². The number of aromatic nitrogens is 1. The van der Waals surface area contributed by atoms with Gasteiger partial charge in [-0.05, 0) is 0 Å². The summed E-state index contributed by atoms with van der Waals surface area (Å²) in [5.74, 6) is -0.687. The lowest BCUT2D eigenvalue weighted by molar-refractivity contribution is -0.139. The van der Waals surface area contributed by atoms with E-state index in [1.165, 1.54) is 0 Å². The molecule has 0 N–H and O–H groups in total. The van der Waals surface area contributed by atoms with Crippen LogP contribution >= 0.6 is 23.2 Å². The first-order chi connectivity index (χ1) is 7.47. The molecule has 1 aromatic heterocycles. The van der Waals surface area contributed by atoms with E-state index < -0.39 is 18.0 Å². The van der Waals surface area contributed by atoms with Crippen molar-refractivity contribution < 1.29 is 18.3 Å². The second-order valence-electron chi connectivity index (χ2n) is 2.84. The molecule has 0 saturated carbocycles. The van der Waals surface area contributed by atoms with Gasteiger partial charge in [0.1, 0.15) is 5.15 Å². The number of hydrogen-bond donors (Lipinski definition) is 0. The number of methoxy groups -OCH3 is 1. The van der Waals surface area contributed by atoms with Crippen molar-refractivity contribution in [3.8, 4) is 0 Å². The average molecular weight is 270 g/mol. The Kier molecular flexibility index (Phi) is 4.44.